The molecule has 1 amide bonds. The fourth-order valence-electron chi connectivity index (χ4n) is 5.03. The van der Waals surface area contributed by atoms with Crippen LogP contribution in [0.4, 0.5) is 18.9 Å². The Hall–Kier alpha value is -3.85. The van der Waals surface area contributed by atoms with E-state index in [0.29, 0.717) is 6.54 Å². The number of ether oxygens (including phenoxy) is 1. The molecule has 2 aliphatic heterocycles. The fraction of sp³-hybridized carbons (Fsp3) is 0.355. The summed E-state index contributed by atoms with van der Waals surface area (Å²) in [7, 11) is 0. The minimum absolute atomic E-state index is 0.0798. The number of halogens is 3. The summed E-state index contributed by atoms with van der Waals surface area (Å²) < 4.78 is 37.7. The van der Waals surface area contributed by atoms with Crippen LogP contribution in [0.2, 0.25) is 0 Å². The van der Waals surface area contributed by atoms with Crippen LogP contribution < -0.4 is 9.64 Å². The van der Waals surface area contributed by atoms with Crippen molar-refractivity contribution in [3.8, 4) is 16.9 Å². The molecule has 40 heavy (non-hydrogen) atoms. The van der Waals surface area contributed by atoms with E-state index in [2.05, 4.69) is 65.6 Å². The number of anilines is 1. The molecule has 0 bridgehead atoms. The molecule has 0 saturated carbocycles. The molecule has 0 unspecified atom stereocenters. The highest BCUT2D eigenvalue weighted by molar-refractivity contribution is 5.92. The lowest BCUT2D eigenvalue weighted by Crippen LogP contribution is -2.30. The third kappa shape index (κ3) is 7.63. The van der Waals surface area contributed by atoms with E-state index in [1.54, 1.807) is 6.92 Å². The molecule has 1 fully saturated rings. The molecule has 1 N–H and O–H groups in total. The Labute approximate surface area is 232 Å². The average Bonchev–Trinajstić information content (AvgIpc) is 3.43. The molecule has 0 radical (unpaired) electrons. The third-order valence-corrected chi connectivity index (χ3v) is 7.17. The van der Waals surface area contributed by atoms with E-state index in [9.17, 15) is 18.0 Å². The molecule has 1 saturated heterocycles. The number of para-hydroxylation sites is 1. The van der Waals surface area contributed by atoms with E-state index in [4.69, 9.17) is 14.6 Å². The smallest absolute Gasteiger partial charge is 0.490 e. The second-order valence-electron chi connectivity index (χ2n) is 9.94. The maximum atomic E-state index is 12.5. The van der Waals surface area contributed by atoms with Crippen molar-refractivity contribution < 1.29 is 32.6 Å². The molecule has 212 valence electrons. The normalized spacial score (nSPS) is 15.2. The molecule has 0 aromatic heterocycles. The molecule has 5 rings (SSSR count). The molecule has 2 aliphatic rings. The maximum absolute atomic E-state index is 12.5. The van der Waals surface area contributed by atoms with Gasteiger partial charge < -0.3 is 14.7 Å². The predicted molar refractivity (Wildman–Crippen MR) is 147 cm³/mol. The molecular formula is C31H33F3N2O4. The van der Waals surface area contributed by atoms with E-state index < -0.39 is 12.1 Å². The van der Waals surface area contributed by atoms with Gasteiger partial charge in [0.1, 0.15) is 12.4 Å². The van der Waals surface area contributed by atoms with Crippen molar-refractivity contribution in [2.75, 3.05) is 31.1 Å². The number of rotatable bonds is 5. The third-order valence-electron chi connectivity index (χ3n) is 7.17. The Kier molecular flexibility index (Phi) is 9.47. The van der Waals surface area contributed by atoms with Crippen LogP contribution >= 0.6 is 0 Å². The van der Waals surface area contributed by atoms with Crippen molar-refractivity contribution in [2.45, 2.75) is 45.3 Å². The fourth-order valence-corrected chi connectivity index (χ4v) is 5.03. The van der Waals surface area contributed by atoms with Crippen LogP contribution in [0, 0.1) is 0 Å². The number of aliphatic carboxylic acids is 1. The van der Waals surface area contributed by atoms with E-state index in [-0.39, 0.29) is 5.91 Å². The van der Waals surface area contributed by atoms with Crippen molar-refractivity contribution >= 4 is 17.6 Å². The number of likely N-dealkylation sites (tertiary alicyclic amines) is 1. The van der Waals surface area contributed by atoms with Gasteiger partial charge in [0.05, 0.1) is 6.54 Å². The second-order valence-corrected chi connectivity index (χ2v) is 9.94. The van der Waals surface area contributed by atoms with Gasteiger partial charge in [-0.3, -0.25) is 9.69 Å². The minimum Gasteiger partial charge on any atom is -0.492 e. The Balaban J connectivity index is 0.000000470. The van der Waals surface area contributed by atoms with E-state index in [0.717, 1.165) is 37.4 Å². The van der Waals surface area contributed by atoms with Gasteiger partial charge in [0.15, 0.2) is 0 Å². The summed E-state index contributed by atoms with van der Waals surface area (Å²) in [4.78, 5) is 25.8. The van der Waals surface area contributed by atoms with E-state index in [1.165, 1.54) is 53.7 Å². The molecule has 0 atom stereocenters. The summed E-state index contributed by atoms with van der Waals surface area (Å²) in [6.07, 6.45) is -0.531. The minimum atomic E-state index is -5.08. The average molecular weight is 555 g/mol. The zero-order valence-electron chi connectivity index (χ0n) is 22.4. The summed E-state index contributed by atoms with van der Waals surface area (Å²) in [5.41, 5.74) is 7.17. The van der Waals surface area contributed by atoms with Crippen molar-refractivity contribution in [1.82, 2.24) is 4.90 Å². The van der Waals surface area contributed by atoms with Crippen LogP contribution in [-0.2, 0) is 29.0 Å². The zero-order chi connectivity index (χ0) is 28.7. The Morgan fingerprint density at radius 1 is 0.875 bits per heavy atom. The van der Waals surface area contributed by atoms with Gasteiger partial charge in [-0.1, -0.05) is 42.5 Å². The second kappa shape index (κ2) is 13.0. The van der Waals surface area contributed by atoms with Crippen LogP contribution in [0.3, 0.4) is 0 Å². The first-order valence-corrected chi connectivity index (χ1v) is 13.4. The van der Waals surface area contributed by atoms with Gasteiger partial charge in [-0.05, 0) is 90.9 Å². The predicted octanol–water partition coefficient (Wildman–Crippen LogP) is 6.11. The highest BCUT2D eigenvalue weighted by atomic mass is 19.4. The van der Waals surface area contributed by atoms with E-state index in [1.807, 2.05) is 11.0 Å². The molecule has 2 heterocycles. The van der Waals surface area contributed by atoms with Crippen molar-refractivity contribution in [3.63, 3.8) is 0 Å². The topological polar surface area (TPSA) is 70.1 Å². The number of carbonyl (C=O) groups excluding carboxylic acids is 1. The number of hydrogen-bond donors (Lipinski definition) is 1. The van der Waals surface area contributed by atoms with Crippen molar-refractivity contribution in [2.24, 2.45) is 0 Å². The number of amides is 1. The number of benzene rings is 3. The van der Waals surface area contributed by atoms with Crippen molar-refractivity contribution in [1.29, 1.82) is 0 Å². The van der Waals surface area contributed by atoms with Crippen LogP contribution in [0.25, 0.3) is 11.1 Å². The number of aryl methyl sites for hydroxylation is 2. The van der Waals surface area contributed by atoms with Crippen LogP contribution in [0.5, 0.6) is 5.75 Å². The molecule has 9 heteroatoms. The molecular weight excluding hydrogens is 521 g/mol. The lowest BCUT2D eigenvalue weighted by atomic mass is 9.92. The van der Waals surface area contributed by atoms with Gasteiger partial charge in [-0.15, -0.1) is 0 Å². The first-order chi connectivity index (χ1) is 19.1. The number of carboxylic acid groups (broad SMARTS) is 1. The number of alkyl halides is 3. The van der Waals surface area contributed by atoms with Crippen molar-refractivity contribution in [3.05, 3.63) is 83.4 Å². The van der Waals surface area contributed by atoms with Gasteiger partial charge in [-0.2, -0.15) is 13.2 Å². The monoisotopic (exact) mass is 554 g/mol. The first-order valence-electron chi connectivity index (χ1n) is 13.4. The van der Waals surface area contributed by atoms with Crippen LogP contribution in [0.15, 0.2) is 66.7 Å². The lowest BCUT2D eigenvalue weighted by Gasteiger charge is -2.28. The highest BCUT2D eigenvalue weighted by Crippen LogP contribution is 2.31. The Morgan fingerprint density at radius 3 is 2.15 bits per heavy atom. The SMILES string of the molecule is CC(=O)N1Cc2cc(-c3ccc(OCCN4CCCC4)cc3)ccc2CCc2ccccc21.O=C(O)C(F)(F)F. The highest BCUT2D eigenvalue weighted by Gasteiger charge is 2.38. The van der Waals surface area contributed by atoms with Crippen LogP contribution in [0.1, 0.15) is 36.5 Å². The quantitative estimate of drug-likeness (QED) is 0.412. The maximum Gasteiger partial charge on any atom is 0.490 e. The number of fused-ring (bicyclic) bond motifs is 2. The number of hydrogen-bond acceptors (Lipinski definition) is 4. The zero-order valence-corrected chi connectivity index (χ0v) is 22.4. The lowest BCUT2D eigenvalue weighted by molar-refractivity contribution is -0.192. The van der Waals surface area contributed by atoms with Gasteiger partial charge in [0, 0.05) is 19.2 Å². The van der Waals surface area contributed by atoms with Gasteiger partial charge >= 0.3 is 12.1 Å². The Bertz CT molecular complexity index is 1320. The largest absolute Gasteiger partial charge is 0.492 e. The molecule has 3 aromatic rings. The number of carbonyl (C=O) groups is 2. The molecule has 0 spiro atoms. The molecule has 6 nitrogen and oxygen atoms in total. The van der Waals surface area contributed by atoms with Gasteiger partial charge in [0.2, 0.25) is 5.91 Å². The summed E-state index contributed by atoms with van der Waals surface area (Å²) >= 11 is 0. The molecule has 0 aliphatic carbocycles. The summed E-state index contributed by atoms with van der Waals surface area (Å²) in [5.74, 6) is -1.76. The van der Waals surface area contributed by atoms with E-state index >= 15 is 0 Å². The van der Waals surface area contributed by atoms with Gasteiger partial charge in [0.25, 0.3) is 0 Å². The summed E-state index contributed by atoms with van der Waals surface area (Å²) in [6.45, 7) is 6.40. The first kappa shape index (κ1) is 29.1. The van der Waals surface area contributed by atoms with Crippen LogP contribution in [-0.4, -0.2) is 54.3 Å². The number of nitrogens with zero attached hydrogens (tertiary/aromatic N) is 2. The summed E-state index contributed by atoms with van der Waals surface area (Å²) in [5, 5.41) is 7.12. The molecule has 3 aromatic carbocycles. The number of carboxylic acids is 1. The standard InChI is InChI=1S/C29H32N2O2.C2HF3O2/c1-22(32)31-21-27-20-26(11-9-24(27)8-10-25-6-2-3-7-29(25)31)23-12-14-28(15-13-23)33-19-18-30-16-4-5-17-30;3-2(4,5)1(6)7/h2-3,6-7,9,11-15,20H,4-5,8,10,16-19,21H2,1H3;(H,6,7). The van der Waals surface area contributed by atoms with Gasteiger partial charge in [-0.25, -0.2) is 4.79 Å². The summed E-state index contributed by atoms with van der Waals surface area (Å²) in [6, 6.07) is 23.4. The Morgan fingerprint density at radius 2 is 1.50 bits per heavy atom.